The van der Waals surface area contributed by atoms with Gasteiger partial charge >= 0.3 is 0 Å². The summed E-state index contributed by atoms with van der Waals surface area (Å²) in [6, 6.07) is 16.6. The number of rotatable bonds is 7. The number of anilines is 1. The second-order valence-corrected chi connectivity index (χ2v) is 7.16. The van der Waals surface area contributed by atoms with Gasteiger partial charge in [-0.15, -0.1) is 10.2 Å². The lowest BCUT2D eigenvalue weighted by Crippen LogP contribution is -2.14. The van der Waals surface area contributed by atoms with Crippen molar-refractivity contribution in [3.05, 3.63) is 54.6 Å². The minimum absolute atomic E-state index is 0.154. The van der Waals surface area contributed by atoms with Crippen LogP contribution in [0.25, 0.3) is 23.1 Å². The summed E-state index contributed by atoms with van der Waals surface area (Å²) in [5.41, 5.74) is 1.54. The summed E-state index contributed by atoms with van der Waals surface area (Å²) in [4.78, 5) is 16.6. The highest BCUT2D eigenvalue weighted by molar-refractivity contribution is 7.99. The Labute approximate surface area is 176 Å². The topological polar surface area (TPSA) is 108 Å². The molecule has 9 nitrogen and oxygen atoms in total. The molecule has 0 spiro atoms. The summed E-state index contributed by atoms with van der Waals surface area (Å²) < 4.78 is 12.2. The molecule has 0 aliphatic heterocycles. The zero-order chi connectivity index (χ0) is 20.9. The van der Waals surface area contributed by atoms with Crippen LogP contribution in [0.4, 0.5) is 5.69 Å². The van der Waals surface area contributed by atoms with Crippen molar-refractivity contribution in [1.82, 2.24) is 24.9 Å². The zero-order valence-electron chi connectivity index (χ0n) is 16.3. The standard InChI is InChI=1S/C20H18N6O3S/c1-26-18(19-22-17(25-29-19)13-6-4-3-5-7-13)23-24-20(26)30-12-16(27)21-14-8-10-15(28-2)11-9-14/h3-11H,12H2,1-2H3,(H,21,27). The van der Waals surface area contributed by atoms with Gasteiger partial charge in [0, 0.05) is 18.3 Å². The summed E-state index contributed by atoms with van der Waals surface area (Å²) in [5.74, 6) is 1.92. The van der Waals surface area contributed by atoms with Crippen molar-refractivity contribution in [1.29, 1.82) is 0 Å². The van der Waals surface area contributed by atoms with Gasteiger partial charge in [-0.1, -0.05) is 47.3 Å². The molecule has 4 rings (SSSR count). The number of carbonyl (C=O) groups excluding carboxylic acids is 1. The first-order valence-electron chi connectivity index (χ1n) is 8.99. The third-order valence-electron chi connectivity index (χ3n) is 4.19. The maximum absolute atomic E-state index is 12.2. The van der Waals surface area contributed by atoms with Crippen LogP contribution in [0.1, 0.15) is 0 Å². The Bertz CT molecular complexity index is 1140. The number of methoxy groups -OCH3 is 1. The summed E-state index contributed by atoms with van der Waals surface area (Å²) in [6.07, 6.45) is 0. The zero-order valence-corrected chi connectivity index (χ0v) is 17.1. The average Bonchev–Trinajstić information content (AvgIpc) is 3.40. The Balaban J connectivity index is 1.40. The summed E-state index contributed by atoms with van der Waals surface area (Å²) in [6.45, 7) is 0. The second-order valence-electron chi connectivity index (χ2n) is 6.22. The van der Waals surface area contributed by atoms with E-state index < -0.39 is 0 Å². The summed E-state index contributed by atoms with van der Waals surface area (Å²) in [5, 5.41) is 15.6. The van der Waals surface area contributed by atoms with Crippen molar-refractivity contribution in [3.8, 4) is 28.9 Å². The molecule has 2 aromatic heterocycles. The van der Waals surface area contributed by atoms with Crippen molar-refractivity contribution < 1.29 is 14.1 Å². The van der Waals surface area contributed by atoms with Crippen LogP contribution < -0.4 is 10.1 Å². The molecule has 2 heterocycles. The largest absolute Gasteiger partial charge is 0.497 e. The van der Waals surface area contributed by atoms with Crippen molar-refractivity contribution in [2.75, 3.05) is 18.2 Å². The fourth-order valence-electron chi connectivity index (χ4n) is 2.65. The molecule has 152 valence electrons. The smallest absolute Gasteiger partial charge is 0.296 e. The molecule has 0 atom stereocenters. The molecule has 10 heteroatoms. The van der Waals surface area contributed by atoms with E-state index in [2.05, 4.69) is 25.7 Å². The van der Waals surface area contributed by atoms with E-state index in [1.165, 1.54) is 11.8 Å². The molecule has 1 N–H and O–H groups in total. The SMILES string of the molecule is COc1ccc(NC(=O)CSc2nnc(-c3nc(-c4ccccc4)no3)n2C)cc1. The predicted octanol–water partition coefficient (Wildman–Crippen LogP) is 3.27. The average molecular weight is 422 g/mol. The maximum Gasteiger partial charge on any atom is 0.296 e. The van der Waals surface area contributed by atoms with Crippen molar-refractivity contribution >= 4 is 23.4 Å². The Hall–Kier alpha value is -3.66. The van der Waals surface area contributed by atoms with E-state index in [9.17, 15) is 4.79 Å². The van der Waals surface area contributed by atoms with Crippen molar-refractivity contribution in [2.45, 2.75) is 5.16 Å². The van der Waals surface area contributed by atoms with Crippen molar-refractivity contribution in [3.63, 3.8) is 0 Å². The number of nitrogens with one attached hydrogen (secondary N) is 1. The van der Waals surface area contributed by atoms with Gasteiger partial charge in [-0.2, -0.15) is 4.98 Å². The van der Waals surface area contributed by atoms with Crippen LogP contribution >= 0.6 is 11.8 Å². The van der Waals surface area contributed by atoms with E-state index in [-0.39, 0.29) is 17.6 Å². The molecule has 0 fully saturated rings. The molecule has 1 amide bonds. The highest BCUT2D eigenvalue weighted by Gasteiger charge is 2.19. The first-order valence-corrected chi connectivity index (χ1v) is 9.98. The molecule has 0 aliphatic rings. The number of ether oxygens (including phenoxy) is 1. The number of amides is 1. The van der Waals surface area contributed by atoms with Crippen LogP contribution in [-0.2, 0) is 11.8 Å². The number of thioether (sulfide) groups is 1. The Kier molecular flexibility index (Phi) is 5.75. The molecule has 0 saturated heterocycles. The van der Waals surface area contributed by atoms with E-state index >= 15 is 0 Å². The number of hydrogen-bond acceptors (Lipinski definition) is 8. The van der Waals surface area contributed by atoms with Gasteiger partial charge in [0.05, 0.1) is 12.9 Å². The third kappa shape index (κ3) is 4.33. The van der Waals surface area contributed by atoms with E-state index in [0.29, 0.717) is 22.5 Å². The number of benzene rings is 2. The first kappa shape index (κ1) is 19.6. The molecule has 0 bridgehead atoms. The van der Waals surface area contributed by atoms with Crippen LogP contribution in [0.3, 0.4) is 0 Å². The van der Waals surface area contributed by atoms with Crippen LogP contribution in [0.15, 0.2) is 64.3 Å². The molecule has 4 aromatic rings. The molecular formula is C20H18N6O3S. The monoisotopic (exact) mass is 422 g/mol. The highest BCUT2D eigenvalue weighted by Crippen LogP contribution is 2.24. The van der Waals surface area contributed by atoms with Gasteiger partial charge in [-0.25, -0.2) is 0 Å². The highest BCUT2D eigenvalue weighted by atomic mass is 32.2. The van der Waals surface area contributed by atoms with E-state index in [0.717, 1.165) is 11.3 Å². The van der Waals surface area contributed by atoms with Gasteiger partial charge in [0.1, 0.15) is 5.75 Å². The Morgan fingerprint density at radius 2 is 1.90 bits per heavy atom. The molecule has 0 unspecified atom stereocenters. The normalized spacial score (nSPS) is 10.7. The van der Waals surface area contributed by atoms with Crippen LogP contribution in [0, 0.1) is 0 Å². The number of hydrogen-bond donors (Lipinski definition) is 1. The quantitative estimate of drug-likeness (QED) is 0.452. The molecule has 0 saturated carbocycles. The van der Waals surface area contributed by atoms with Gasteiger partial charge < -0.3 is 19.1 Å². The second kappa shape index (κ2) is 8.78. The minimum Gasteiger partial charge on any atom is -0.497 e. The maximum atomic E-state index is 12.2. The van der Waals surface area contributed by atoms with E-state index in [1.807, 2.05) is 30.3 Å². The number of aromatic nitrogens is 5. The predicted molar refractivity (Wildman–Crippen MR) is 112 cm³/mol. The lowest BCUT2D eigenvalue weighted by molar-refractivity contribution is -0.113. The lowest BCUT2D eigenvalue weighted by atomic mass is 10.2. The van der Waals surface area contributed by atoms with Gasteiger partial charge in [-0.3, -0.25) is 4.79 Å². The lowest BCUT2D eigenvalue weighted by Gasteiger charge is -2.06. The van der Waals surface area contributed by atoms with E-state index in [4.69, 9.17) is 9.26 Å². The first-order chi connectivity index (χ1) is 14.6. The van der Waals surface area contributed by atoms with Gasteiger partial charge in [-0.05, 0) is 24.3 Å². The Morgan fingerprint density at radius 3 is 2.63 bits per heavy atom. The summed E-state index contributed by atoms with van der Waals surface area (Å²) in [7, 11) is 3.38. The van der Waals surface area contributed by atoms with Crippen molar-refractivity contribution in [2.24, 2.45) is 7.05 Å². The molecular weight excluding hydrogens is 404 g/mol. The fourth-order valence-corrected chi connectivity index (χ4v) is 3.36. The van der Waals surface area contributed by atoms with Gasteiger partial charge in [0.2, 0.25) is 17.6 Å². The summed E-state index contributed by atoms with van der Waals surface area (Å²) >= 11 is 1.26. The number of carbonyl (C=O) groups is 1. The van der Waals surface area contributed by atoms with Gasteiger partial charge in [0.25, 0.3) is 5.89 Å². The Morgan fingerprint density at radius 1 is 1.13 bits per heavy atom. The van der Waals surface area contributed by atoms with Gasteiger partial charge in [0.15, 0.2) is 5.16 Å². The minimum atomic E-state index is -0.154. The molecule has 2 aromatic carbocycles. The van der Waals surface area contributed by atoms with Crippen LogP contribution in [0.2, 0.25) is 0 Å². The number of nitrogens with zero attached hydrogens (tertiary/aromatic N) is 5. The van der Waals surface area contributed by atoms with E-state index in [1.54, 1.807) is 43.0 Å². The third-order valence-corrected chi connectivity index (χ3v) is 5.21. The molecule has 30 heavy (non-hydrogen) atoms. The fraction of sp³-hybridized carbons (Fsp3) is 0.150. The van der Waals surface area contributed by atoms with Crippen LogP contribution in [-0.4, -0.2) is 43.7 Å². The molecule has 0 radical (unpaired) electrons. The van der Waals surface area contributed by atoms with Crippen LogP contribution in [0.5, 0.6) is 5.75 Å². The molecule has 0 aliphatic carbocycles.